The zero-order valence-electron chi connectivity index (χ0n) is 10.2. The van der Waals surface area contributed by atoms with Crippen molar-refractivity contribution in [2.75, 3.05) is 13.2 Å². The molecule has 2 heteroatoms. The Bertz CT molecular complexity index is 141. The predicted octanol–water partition coefficient (Wildman–Crippen LogP) is 3.10. The van der Waals surface area contributed by atoms with Crippen molar-refractivity contribution in [2.45, 2.75) is 64.3 Å². The average Bonchev–Trinajstić information content (AvgIpc) is 2.24. The number of hydrogen-bond donors (Lipinski definition) is 1. The largest absolute Gasteiger partial charge is 0.381 e. The number of nitrogens with two attached hydrogens (primary N) is 1. The fourth-order valence-electron chi connectivity index (χ4n) is 2.27. The average molecular weight is 213 g/mol. The minimum atomic E-state index is 0.350. The molecule has 1 fully saturated rings. The van der Waals surface area contributed by atoms with Crippen LogP contribution in [0.3, 0.4) is 0 Å². The van der Waals surface area contributed by atoms with Crippen LogP contribution in [0.2, 0.25) is 0 Å². The van der Waals surface area contributed by atoms with Crippen molar-refractivity contribution in [3.05, 3.63) is 0 Å². The van der Waals surface area contributed by atoms with Crippen LogP contribution in [0.1, 0.15) is 58.3 Å². The van der Waals surface area contributed by atoms with Gasteiger partial charge in [-0.1, -0.05) is 19.3 Å². The Labute approximate surface area is 94.6 Å². The highest BCUT2D eigenvalue weighted by molar-refractivity contribution is 4.64. The van der Waals surface area contributed by atoms with Gasteiger partial charge in [0.1, 0.15) is 0 Å². The molecule has 2 N–H and O–H groups in total. The second kappa shape index (κ2) is 8.12. The van der Waals surface area contributed by atoms with Gasteiger partial charge in [0, 0.05) is 19.3 Å². The molecule has 1 atom stereocenters. The van der Waals surface area contributed by atoms with Crippen molar-refractivity contribution in [3.63, 3.8) is 0 Å². The first-order chi connectivity index (χ1) is 7.29. The Morgan fingerprint density at radius 2 is 1.93 bits per heavy atom. The summed E-state index contributed by atoms with van der Waals surface area (Å²) in [5.74, 6) is 0.854. The molecule has 0 heterocycles. The van der Waals surface area contributed by atoms with E-state index in [1.54, 1.807) is 0 Å². The number of ether oxygens (including phenoxy) is 1. The molecule has 0 aromatic rings. The summed E-state index contributed by atoms with van der Waals surface area (Å²) in [6.07, 6.45) is 10.6. The number of unbranched alkanes of at least 4 members (excludes halogenated alkanes) is 1. The minimum Gasteiger partial charge on any atom is -0.381 e. The van der Waals surface area contributed by atoms with Crippen LogP contribution in [0.5, 0.6) is 0 Å². The fourth-order valence-corrected chi connectivity index (χ4v) is 2.27. The van der Waals surface area contributed by atoms with Crippen molar-refractivity contribution < 1.29 is 4.74 Å². The van der Waals surface area contributed by atoms with E-state index >= 15 is 0 Å². The lowest BCUT2D eigenvalue weighted by Crippen LogP contribution is -2.15. The lowest BCUT2D eigenvalue weighted by molar-refractivity contribution is 0.0823. The molecule has 0 aromatic heterocycles. The van der Waals surface area contributed by atoms with Gasteiger partial charge in [-0.05, 0) is 44.9 Å². The standard InChI is InChI=1S/C13H27NO/c1-12(14)7-5-6-10-15-11-13-8-3-2-4-9-13/h12-13H,2-11,14H2,1H3. The Morgan fingerprint density at radius 1 is 1.20 bits per heavy atom. The van der Waals surface area contributed by atoms with E-state index in [4.69, 9.17) is 10.5 Å². The summed E-state index contributed by atoms with van der Waals surface area (Å²) >= 11 is 0. The zero-order valence-corrected chi connectivity index (χ0v) is 10.2. The topological polar surface area (TPSA) is 35.2 Å². The van der Waals surface area contributed by atoms with E-state index in [9.17, 15) is 0 Å². The van der Waals surface area contributed by atoms with Crippen LogP contribution in [-0.2, 0) is 4.74 Å². The molecule has 0 spiro atoms. The second-order valence-electron chi connectivity index (χ2n) is 5.05. The summed E-state index contributed by atoms with van der Waals surface area (Å²) in [7, 11) is 0. The summed E-state index contributed by atoms with van der Waals surface area (Å²) in [5, 5.41) is 0. The first kappa shape index (κ1) is 13.0. The predicted molar refractivity (Wildman–Crippen MR) is 64.9 cm³/mol. The van der Waals surface area contributed by atoms with Gasteiger partial charge in [0.2, 0.25) is 0 Å². The number of rotatable bonds is 7. The van der Waals surface area contributed by atoms with Crippen LogP contribution in [0.4, 0.5) is 0 Å². The summed E-state index contributed by atoms with van der Waals surface area (Å²) in [5.41, 5.74) is 5.68. The molecule has 1 aliphatic carbocycles. The van der Waals surface area contributed by atoms with Crippen molar-refractivity contribution in [3.8, 4) is 0 Å². The maximum absolute atomic E-state index is 5.71. The molecule has 1 aliphatic rings. The van der Waals surface area contributed by atoms with Crippen molar-refractivity contribution in [2.24, 2.45) is 11.7 Å². The van der Waals surface area contributed by atoms with E-state index in [-0.39, 0.29) is 0 Å². The van der Waals surface area contributed by atoms with Crippen LogP contribution in [0, 0.1) is 5.92 Å². The van der Waals surface area contributed by atoms with E-state index in [2.05, 4.69) is 6.92 Å². The molecular formula is C13H27NO. The van der Waals surface area contributed by atoms with Crippen molar-refractivity contribution in [1.29, 1.82) is 0 Å². The molecule has 1 rings (SSSR count). The molecule has 15 heavy (non-hydrogen) atoms. The molecule has 0 radical (unpaired) electrons. The molecule has 1 unspecified atom stereocenters. The van der Waals surface area contributed by atoms with E-state index in [1.807, 2.05) is 0 Å². The highest BCUT2D eigenvalue weighted by atomic mass is 16.5. The van der Waals surface area contributed by atoms with Gasteiger partial charge in [-0.3, -0.25) is 0 Å². The Balaban J connectivity index is 1.83. The third-order valence-corrected chi connectivity index (χ3v) is 3.28. The van der Waals surface area contributed by atoms with Gasteiger partial charge in [0.15, 0.2) is 0 Å². The molecule has 2 nitrogen and oxygen atoms in total. The van der Waals surface area contributed by atoms with Gasteiger partial charge >= 0.3 is 0 Å². The van der Waals surface area contributed by atoms with Crippen molar-refractivity contribution in [1.82, 2.24) is 0 Å². The monoisotopic (exact) mass is 213 g/mol. The highest BCUT2D eigenvalue weighted by Gasteiger charge is 2.12. The van der Waals surface area contributed by atoms with Crippen LogP contribution in [0.15, 0.2) is 0 Å². The smallest absolute Gasteiger partial charge is 0.0494 e. The number of hydrogen-bond acceptors (Lipinski definition) is 2. The van der Waals surface area contributed by atoms with E-state index in [1.165, 1.54) is 44.9 Å². The molecule has 1 saturated carbocycles. The van der Waals surface area contributed by atoms with E-state index in [0.717, 1.165) is 25.6 Å². The summed E-state index contributed by atoms with van der Waals surface area (Å²) in [6.45, 7) is 4.00. The van der Waals surface area contributed by atoms with Gasteiger partial charge in [-0.15, -0.1) is 0 Å². The second-order valence-corrected chi connectivity index (χ2v) is 5.05. The van der Waals surface area contributed by atoms with E-state index in [0.29, 0.717) is 6.04 Å². The lowest BCUT2D eigenvalue weighted by atomic mass is 9.90. The molecule has 0 bridgehead atoms. The minimum absolute atomic E-state index is 0.350. The first-order valence-electron chi connectivity index (χ1n) is 6.62. The SMILES string of the molecule is CC(N)CCCCOCC1CCCCC1. The lowest BCUT2D eigenvalue weighted by Gasteiger charge is -2.21. The molecule has 0 saturated heterocycles. The Morgan fingerprint density at radius 3 is 2.60 bits per heavy atom. The van der Waals surface area contributed by atoms with Gasteiger partial charge < -0.3 is 10.5 Å². The Kier molecular flexibility index (Phi) is 7.03. The third kappa shape index (κ3) is 6.91. The first-order valence-corrected chi connectivity index (χ1v) is 6.62. The van der Waals surface area contributed by atoms with Gasteiger partial charge in [-0.25, -0.2) is 0 Å². The van der Waals surface area contributed by atoms with E-state index < -0.39 is 0 Å². The summed E-state index contributed by atoms with van der Waals surface area (Å²) < 4.78 is 5.71. The van der Waals surface area contributed by atoms with Crippen LogP contribution in [0.25, 0.3) is 0 Å². The molecule has 0 amide bonds. The van der Waals surface area contributed by atoms with Gasteiger partial charge in [0.05, 0.1) is 0 Å². The summed E-state index contributed by atoms with van der Waals surface area (Å²) in [4.78, 5) is 0. The quantitative estimate of drug-likeness (QED) is 0.660. The van der Waals surface area contributed by atoms with Gasteiger partial charge in [0.25, 0.3) is 0 Å². The normalized spacial score (nSPS) is 20.4. The molecule has 90 valence electrons. The zero-order chi connectivity index (χ0) is 10.9. The maximum atomic E-state index is 5.71. The maximum Gasteiger partial charge on any atom is 0.0494 e. The highest BCUT2D eigenvalue weighted by Crippen LogP contribution is 2.23. The van der Waals surface area contributed by atoms with Gasteiger partial charge in [-0.2, -0.15) is 0 Å². The molecule has 0 aromatic carbocycles. The third-order valence-electron chi connectivity index (χ3n) is 3.28. The van der Waals surface area contributed by atoms with Crippen molar-refractivity contribution >= 4 is 0 Å². The van der Waals surface area contributed by atoms with Crippen LogP contribution < -0.4 is 5.73 Å². The molecule has 0 aliphatic heterocycles. The Hall–Kier alpha value is -0.0800. The molecular weight excluding hydrogens is 186 g/mol. The summed E-state index contributed by atoms with van der Waals surface area (Å²) in [6, 6.07) is 0.350. The van der Waals surface area contributed by atoms with Crippen LogP contribution >= 0.6 is 0 Å². The van der Waals surface area contributed by atoms with Crippen LogP contribution in [-0.4, -0.2) is 19.3 Å². The fraction of sp³-hybridized carbons (Fsp3) is 1.00.